The van der Waals surface area contributed by atoms with Crippen LogP contribution in [0.2, 0.25) is 0 Å². The minimum Gasteiger partial charge on any atom is -0.481 e. The number of halogens is 1. The van der Waals surface area contributed by atoms with E-state index in [0.717, 1.165) is 10.4 Å². The van der Waals surface area contributed by atoms with Crippen molar-refractivity contribution in [2.75, 3.05) is 17.8 Å². The zero-order valence-electron chi connectivity index (χ0n) is 10.6. The summed E-state index contributed by atoms with van der Waals surface area (Å²) >= 11 is 0. The molecule has 0 aromatic heterocycles. The second-order valence-corrected chi connectivity index (χ2v) is 6.29. The Labute approximate surface area is 116 Å². The van der Waals surface area contributed by atoms with Crippen molar-refractivity contribution in [2.45, 2.75) is 12.8 Å². The third kappa shape index (κ3) is 3.26. The summed E-state index contributed by atoms with van der Waals surface area (Å²) < 4.78 is 40.9. The number of carboxylic acid groups (broad SMARTS) is 1. The maximum absolute atomic E-state index is 13.5. The highest BCUT2D eigenvalue weighted by Gasteiger charge is 2.32. The summed E-state index contributed by atoms with van der Waals surface area (Å²) in [6, 6.07) is 5.42. The number of nitrogens with one attached hydrogen (secondary N) is 1. The first-order chi connectivity index (χ1) is 9.40. The number of carbonyl (C=O) groups is 1. The van der Waals surface area contributed by atoms with Crippen molar-refractivity contribution in [3.8, 4) is 0 Å². The topological polar surface area (TPSA) is 86.7 Å². The largest absolute Gasteiger partial charge is 0.481 e. The number of hydrogen-bond acceptors (Lipinski definition) is 3. The molecule has 0 saturated carbocycles. The van der Waals surface area contributed by atoms with Crippen LogP contribution in [0.1, 0.15) is 12.8 Å². The number of rotatable bonds is 4. The molecule has 1 fully saturated rings. The molecule has 20 heavy (non-hydrogen) atoms. The molecule has 6 nitrogen and oxygen atoms in total. The Hall–Kier alpha value is -1.67. The van der Waals surface area contributed by atoms with Crippen molar-refractivity contribution < 1.29 is 22.7 Å². The first-order valence-electron chi connectivity index (χ1n) is 6.15. The number of aliphatic carboxylic acids is 1. The van der Waals surface area contributed by atoms with E-state index >= 15 is 0 Å². The van der Waals surface area contributed by atoms with Crippen LogP contribution in [0, 0.1) is 11.7 Å². The number of anilines is 1. The van der Waals surface area contributed by atoms with Crippen LogP contribution in [0.3, 0.4) is 0 Å². The molecule has 0 amide bonds. The van der Waals surface area contributed by atoms with Crippen LogP contribution in [0.4, 0.5) is 10.1 Å². The fourth-order valence-electron chi connectivity index (χ4n) is 2.11. The molecule has 1 aliphatic heterocycles. The molecule has 2 N–H and O–H groups in total. The van der Waals surface area contributed by atoms with Crippen molar-refractivity contribution in [1.29, 1.82) is 0 Å². The Morgan fingerprint density at radius 1 is 1.40 bits per heavy atom. The van der Waals surface area contributed by atoms with Crippen molar-refractivity contribution in [3.63, 3.8) is 0 Å². The van der Waals surface area contributed by atoms with Gasteiger partial charge in [-0.15, -0.1) is 0 Å². The second kappa shape index (κ2) is 5.76. The van der Waals surface area contributed by atoms with E-state index in [0.29, 0.717) is 12.8 Å². The molecule has 1 saturated heterocycles. The van der Waals surface area contributed by atoms with Gasteiger partial charge in [0.15, 0.2) is 0 Å². The molecule has 0 radical (unpaired) electrons. The van der Waals surface area contributed by atoms with E-state index < -0.39 is 27.9 Å². The van der Waals surface area contributed by atoms with Crippen LogP contribution in [0.5, 0.6) is 0 Å². The minimum absolute atomic E-state index is 0.0981. The summed E-state index contributed by atoms with van der Waals surface area (Å²) in [5.41, 5.74) is -0.148. The molecule has 2 rings (SSSR count). The molecule has 8 heteroatoms. The Bertz CT molecular complexity index is 605. The van der Waals surface area contributed by atoms with Gasteiger partial charge in [-0.3, -0.25) is 9.52 Å². The average molecular weight is 302 g/mol. The molecule has 1 atom stereocenters. The molecule has 0 spiro atoms. The standard InChI is InChI=1S/C12H15FN2O4S/c13-10-5-1-2-6-11(10)14-20(18,19)15-7-3-4-9(8-15)12(16)17/h1-2,5-6,9,14H,3-4,7-8H2,(H,16,17). The summed E-state index contributed by atoms with van der Waals surface area (Å²) in [7, 11) is -3.95. The lowest BCUT2D eigenvalue weighted by Gasteiger charge is -2.29. The number of para-hydroxylation sites is 1. The fraction of sp³-hybridized carbons (Fsp3) is 0.417. The number of nitrogens with zero attached hydrogens (tertiary/aromatic N) is 1. The average Bonchev–Trinajstić information content (AvgIpc) is 2.41. The number of benzene rings is 1. The molecule has 1 aromatic rings. The SMILES string of the molecule is O=C(O)C1CCCN(S(=O)(=O)Nc2ccccc2F)C1. The van der Waals surface area contributed by atoms with E-state index in [4.69, 9.17) is 5.11 Å². The molecule has 1 aromatic carbocycles. The van der Waals surface area contributed by atoms with Crippen molar-refractivity contribution in [2.24, 2.45) is 5.92 Å². The van der Waals surface area contributed by atoms with Gasteiger partial charge < -0.3 is 5.11 Å². The monoisotopic (exact) mass is 302 g/mol. The van der Waals surface area contributed by atoms with E-state index in [2.05, 4.69) is 4.72 Å². The van der Waals surface area contributed by atoms with E-state index in [1.807, 2.05) is 0 Å². The van der Waals surface area contributed by atoms with Gasteiger partial charge in [0.1, 0.15) is 5.82 Å². The smallest absolute Gasteiger partial charge is 0.307 e. The molecule has 1 aliphatic rings. The lowest BCUT2D eigenvalue weighted by molar-refractivity contribution is -0.142. The van der Waals surface area contributed by atoms with E-state index in [9.17, 15) is 17.6 Å². The molecule has 1 heterocycles. The van der Waals surface area contributed by atoms with Gasteiger partial charge in [0, 0.05) is 13.1 Å². The summed E-state index contributed by atoms with van der Waals surface area (Å²) in [5, 5.41) is 8.95. The fourth-order valence-corrected chi connectivity index (χ4v) is 3.43. The quantitative estimate of drug-likeness (QED) is 0.877. The molecule has 110 valence electrons. The van der Waals surface area contributed by atoms with Gasteiger partial charge in [0.25, 0.3) is 0 Å². The maximum Gasteiger partial charge on any atom is 0.307 e. The summed E-state index contributed by atoms with van der Waals surface area (Å²) in [5.74, 6) is -2.42. The van der Waals surface area contributed by atoms with Gasteiger partial charge in [-0.2, -0.15) is 12.7 Å². The number of hydrogen-bond donors (Lipinski definition) is 2. The molecule has 0 aliphatic carbocycles. The normalized spacial score (nSPS) is 20.6. The zero-order valence-corrected chi connectivity index (χ0v) is 11.4. The first-order valence-corrected chi connectivity index (χ1v) is 7.59. The highest BCUT2D eigenvalue weighted by Crippen LogP contribution is 2.22. The highest BCUT2D eigenvalue weighted by atomic mass is 32.2. The van der Waals surface area contributed by atoms with Crippen molar-refractivity contribution in [1.82, 2.24) is 4.31 Å². The van der Waals surface area contributed by atoms with Gasteiger partial charge in [-0.05, 0) is 25.0 Å². The first kappa shape index (κ1) is 14.7. The van der Waals surface area contributed by atoms with Crippen molar-refractivity contribution >= 4 is 21.9 Å². The Morgan fingerprint density at radius 2 is 2.10 bits per heavy atom. The molecular formula is C12H15FN2O4S. The third-order valence-corrected chi connectivity index (χ3v) is 4.68. The van der Waals surface area contributed by atoms with E-state index in [-0.39, 0.29) is 18.8 Å². The predicted octanol–water partition coefficient (Wildman–Crippen LogP) is 1.28. The number of carboxylic acids is 1. The predicted molar refractivity (Wildman–Crippen MR) is 70.9 cm³/mol. The van der Waals surface area contributed by atoms with E-state index in [1.54, 1.807) is 0 Å². The van der Waals surface area contributed by atoms with Gasteiger partial charge in [0.2, 0.25) is 0 Å². The molecule has 0 bridgehead atoms. The van der Waals surface area contributed by atoms with Gasteiger partial charge >= 0.3 is 16.2 Å². The van der Waals surface area contributed by atoms with Crippen LogP contribution in [-0.4, -0.2) is 36.9 Å². The lowest BCUT2D eigenvalue weighted by Crippen LogP contribution is -2.44. The Balaban J connectivity index is 2.14. The van der Waals surface area contributed by atoms with Crippen molar-refractivity contribution in [3.05, 3.63) is 30.1 Å². The van der Waals surface area contributed by atoms with Crippen LogP contribution < -0.4 is 4.72 Å². The van der Waals surface area contributed by atoms with Gasteiger partial charge in [-0.1, -0.05) is 12.1 Å². The highest BCUT2D eigenvalue weighted by molar-refractivity contribution is 7.90. The Morgan fingerprint density at radius 3 is 2.75 bits per heavy atom. The van der Waals surface area contributed by atoms with Crippen LogP contribution in [-0.2, 0) is 15.0 Å². The maximum atomic E-state index is 13.5. The summed E-state index contributed by atoms with van der Waals surface area (Å²) in [6.07, 6.45) is 0.913. The van der Waals surface area contributed by atoms with E-state index in [1.165, 1.54) is 18.2 Å². The zero-order chi connectivity index (χ0) is 14.8. The molecule has 1 unspecified atom stereocenters. The van der Waals surface area contributed by atoms with Gasteiger partial charge in [0.05, 0.1) is 11.6 Å². The van der Waals surface area contributed by atoms with Gasteiger partial charge in [-0.25, -0.2) is 4.39 Å². The third-order valence-electron chi connectivity index (χ3n) is 3.19. The summed E-state index contributed by atoms with van der Waals surface area (Å²) in [4.78, 5) is 10.9. The van der Waals surface area contributed by atoms with Crippen LogP contribution in [0.25, 0.3) is 0 Å². The lowest BCUT2D eigenvalue weighted by atomic mass is 10.0. The van der Waals surface area contributed by atoms with Crippen LogP contribution >= 0.6 is 0 Å². The minimum atomic E-state index is -3.95. The van der Waals surface area contributed by atoms with Crippen LogP contribution in [0.15, 0.2) is 24.3 Å². The second-order valence-electron chi connectivity index (χ2n) is 4.62. The number of piperidine rings is 1. The molecular weight excluding hydrogens is 287 g/mol. The summed E-state index contributed by atoms with van der Waals surface area (Å²) in [6.45, 7) is 0.132. The Kier molecular flexibility index (Phi) is 4.24.